The van der Waals surface area contributed by atoms with Crippen LogP contribution in [0.25, 0.3) is 34.0 Å². The molecule has 47 heteroatoms. The second-order valence-electron chi connectivity index (χ2n) is 27.2. The Balaban J connectivity index is 0.000000314. The van der Waals surface area contributed by atoms with Gasteiger partial charge in [0.2, 0.25) is 51.9 Å². The van der Waals surface area contributed by atoms with Gasteiger partial charge in [-0.3, -0.25) is 28.2 Å². The molecule has 0 saturated carbocycles. The van der Waals surface area contributed by atoms with Crippen LogP contribution in [0.1, 0.15) is 67.2 Å². The van der Waals surface area contributed by atoms with Gasteiger partial charge >= 0.3 is 12.1 Å². The SMILES string of the molecule is CCNS(=O)(=O)c1cccc(NC)c1.CCNS(=O)(=O)c1cccc(NC)c1.CCOC(=O)c1nnc(NC)s1.CNC(=O)c1cc(NC)cc(C(=O)NC)c1.CNC(=O)c1cc(NC)cc(C(F)(F)F)c1.CNc1cccc(-c2ccn(C)n2)c1.CNc1cccc(-c2nnn(C)n2)c1.CNc1cccc(-c2nnnn2C)c1.CNc1cccc(N(CC(=O)N(C)C)S(C)(=O)=O)c1. The number of carbonyl (C=O) groups is 5. The minimum atomic E-state index is -4.46. The van der Waals surface area contributed by atoms with Crippen LogP contribution < -0.4 is 77.6 Å². The number of halogens is 3. The number of anilines is 10. The number of hydrogen-bond acceptors (Lipinski definition) is 31. The van der Waals surface area contributed by atoms with Gasteiger partial charge in [0.25, 0.3) is 17.7 Å². The number of tetrazole rings is 2. The summed E-state index contributed by atoms with van der Waals surface area (Å²) in [5.74, 6) is -0.282. The molecular formula is C86H117F3N28O12S4. The quantitative estimate of drug-likeness (QED) is 0.0213. The Morgan fingerprint density at radius 1 is 0.459 bits per heavy atom. The number of sulfonamides is 3. The third-order valence-electron chi connectivity index (χ3n) is 17.6. The number of hydrogen-bond donors (Lipinski definition) is 14. The van der Waals surface area contributed by atoms with Crippen LogP contribution in [0.15, 0.2) is 204 Å². The molecule has 0 atom stereocenters. The Morgan fingerprint density at radius 3 is 1.28 bits per heavy atom. The summed E-state index contributed by atoms with van der Waals surface area (Å²) in [5, 5.41) is 69.3. The molecule has 40 nitrogen and oxygen atoms in total. The zero-order chi connectivity index (χ0) is 99.2. The first-order valence-electron chi connectivity index (χ1n) is 40.5. The highest BCUT2D eigenvalue weighted by molar-refractivity contribution is 7.92. The van der Waals surface area contributed by atoms with E-state index in [9.17, 15) is 62.4 Å². The van der Waals surface area contributed by atoms with Crippen LogP contribution in [0.3, 0.4) is 0 Å². The number of amides is 4. The third kappa shape index (κ3) is 37.2. The number of aryl methyl sites for hydroxylation is 3. The maximum Gasteiger partial charge on any atom is 0.416 e. The number of likely N-dealkylation sites (N-methyl/N-ethyl adjacent to an activating group) is 1. The monoisotopic (exact) mass is 1920 g/mol. The molecule has 718 valence electrons. The maximum absolute atomic E-state index is 12.5. The number of aromatic nitrogens is 12. The van der Waals surface area contributed by atoms with E-state index in [-0.39, 0.29) is 50.3 Å². The van der Waals surface area contributed by atoms with Gasteiger partial charge in [0, 0.05) is 211 Å². The van der Waals surface area contributed by atoms with Crippen LogP contribution in [0.5, 0.6) is 0 Å². The summed E-state index contributed by atoms with van der Waals surface area (Å²) in [6, 6.07) is 54.3. The molecule has 0 aliphatic rings. The van der Waals surface area contributed by atoms with Crippen molar-refractivity contribution in [3.05, 3.63) is 222 Å². The normalized spacial score (nSPS) is 10.5. The van der Waals surface area contributed by atoms with Crippen LogP contribution in [-0.4, -0.2) is 251 Å². The van der Waals surface area contributed by atoms with Gasteiger partial charge in [0.15, 0.2) is 5.82 Å². The fourth-order valence-electron chi connectivity index (χ4n) is 10.7. The van der Waals surface area contributed by atoms with E-state index in [4.69, 9.17) is 4.74 Å². The van der Waals surface area contributed by atoms with Crippen molar-refractivity contribution >= 4 is 127 Å². The van der Waals surface area contributed by atoms with Gasteiger partial charge in [-0.2, -0.15) is 23.1 Å². The van der Waals surface area contributed by atoms with E-state index in [0.717, 1.165) is 90.7 Å². The van der Waals surface area contributed by atoms with Crippen molar-refractivity contribution in [2.24, 2.45) is 21.1 Å². The van der Waals surface area contributed by atoms with E-state index < -0.39 is 53.7 Å². The Hall–Kier alpha value is -14.4. The number of nitrogens with zero attached hydrogens (tertiary/aromatic N) is 14. The number of rotatable bonds is 27. The van der Waals surface area contributed by atoms with Crippen molar-refractivity contribution in [3.8, 4) is 34.0 Å². The molecule has 12 aromatic rings. The standard InChI is InChI=1S/C12H19N3O3S.C11H15N3O2.C11H13N3.C10H11F3N2O.2C9H11N5.2C9H14N2O2S.C6H9N3O2S/c1-13-10-6-5-7-11(8-10)15(19(4,17)18)9-12(16)14(2)3;1-12-9-5-7(10(15)13-2)4-8(6-9)11(16)14-3;1-12-10-5-3-4-9(8-10)11-6-7-14(2)13-11;1-14-8-4-6(9(16)15-2)3-7(5-8)10(11,12)13;1-10-8-5-3-4-7(6-8)9-11-12-13-14(9)2;1-10-8-5-3-4-7(6-8)9-11-13-14(2)12-9;2*1-3-11-14(12,13)9-6-4-5-8(7-9)10-2;1-3-11-5(10)4-8-9-6(7-2)12-4/h5-8,13H,9H2,1-4H3;4-6,12H,1-3H3,(H,13,15)(H,14,16);3-8,12H,1-2H3;3-5,14H,1-2H3,(H,15,16);2*3-6,10H,1-2H3;2*4-7,10-11H,3H2,1-2H3;3H2,1-2H3,(H,7,9). The molecule has 4 heterocycles. The summed E-state index contributed by atoms with van der Waals surface area (Å²) in [6.45, 7) is 6.18. The van der Waals surface area contributed by atoms with E-state index in [1.807, 2.05) is 126 Å². The molecule has 4 aromatic heterocycles. The van der Waals surface area contributed by atoms with E-state index in [1.54, 1.807) is 173 Å². The molecule has 0 radical (unpaired) electrons. The summed E-state index contributed by atoms with van der Waals surface area (Å²) in [5.41, 5.74) is 11.1. The van der Waals surface area contributed by atoms with Crippen molar-refractivity contribution in [2.75, 3.05) is 183 Å². The lowest BCUT2D eigenvalue weighted by Crippen LogP contribution is -2.39. The van der Waals surface area contributed by atoms with Gasteiger partial charge in [-0.15, -0.1) is 25.5 Å². The molecule has 0 fully saturated rings. The lowest BCUT2D eigenvalue weighted by atomic mass is 10.1. The van der Waals surface area contributed by atoms with Gasteiger partial charge in [-0.25, -0.2) is 44.2 Å². The molecule has 0 aliphatic carbocycles. The fourth-order valence-corrected chi connectivity index (χ4v) is 14.3. The average Bonchev–Trinajstić information content (AvgIpc) is 1.72. The summed E-state index contributed by atoms with van der Waals surface area (Å²) < 4.78 is 122. The van der Waals surface area contributed by atoms with Crippen LogP contribution in [0, 0.1) is 0 Å². The van der Waals surface area contributed by atoms with Crippen LogP contribution in [0.4, 0.5) is 69.5 Å². The fraction of sp³-hybridized carbons (Fsp3) is 0.302. The van der Waals surface area contributed by atoms with Gasteiger partial charge in [0.1, 0.15) is 6.54 Å². The summed E-state index contributed by atoms with van der Waals surface area (Å²) in [4.78, 5) is 60.3. The molecule has 0 unspecified atom stereocenters. The van der Waals surface area contributed by atoms with Crippen molar-refractivity contribution in [1.82, 2.24) is 90.7 Å². The number of carbonyl (C=O) groups excluding carboxylic acids is 5. The number of nitrogens with one attached hydrogen (secondary N) is 14. The van der Waals surface area contributed by atoms with E-state index in [0.29, 0.717) is 47.5 Å². The van der Waals surface area contributed by atoms with Gasteiger partial charge in [-0.1, -0.05) is 79.8 Å². The second-order valence-corrected chi connectivity index (χ2v) is 33.6. The minimum absolute atomic E-state index is 0.0262. The highest BCUT2D eigenvalue weighted by Crippen LogP contribution is 2.33. The lowest BCUT2D eigenvalue weighted by molar-refractivity contribution is -0.137. The second kappa shape index (κ2) is 55.6. The summed E-state index contributed by atoms with van der Waals surface area (Å²) in [7, 11) is 18.8. The molecular weight excluding hydrogens is 1800 g/mol. The first kappa shape index (κ1) is 111. The molecule has 14 N–H and O–H groups in total. The Kier molecular flexibility index (Phi) is 46.3. The Labute approximate surface area is 777 Å². The highest BCUT2D eigenvalue weighted by atomic mass is 32.2. The van der Waals surface area contributed by atoms with Gasteiger partial charge < -0.3 is 73.4 Å². The smallest absolute Gasteiger partial charge is 0.416 e. The topological polar surface area (TPSA) is 503 Å². The van der Waals surface area contributed by atoms with Crippen LogP contribution >= 0.6 is 11.3 Å². The Morgan fingerprint density at radius 2 is 0.887 bits per heavy atom. The summed E-state index contributed by atoms with van der Waals surface area (Å²) >= 11 is 1.17. The third-order valence-corrected chi connectivity index (χ3v) is 22.7. The Bertz CT molecular complexity index is 5860. The zero-order valence-corrected chi connectivity index (χ0v) is 81.0. The summed E-state index contributed by atoms with van der Waals surface area (Å²) in [6.07, 6.45) is -1.43. The largest absolute Gasteiger partial charge is 0.461 e. The molecule has 0 bridgehead atoms. The van der Waals surface area contributed by atoms with Crippen LogP contribution in [-0.2, 0) is 66.9 Å². The number of ether oxygens (including phenoxy) is 1. The van der Waals surface area contributed by atoms with Crippen molar-refractivity contribution < 1.29 is 67.1 Å². The molecule has 12 rings (SSSR count). The van der Waals surface area contributed by atoms with Crippen molar-refractivity contribution in [3.63, 3.8) is 0 Å². The average molecular weight is 1920 g/mol. The first-order chi connectivity index (χ1) is 63.1. The van der Waals surface area contributed by atoms with E-state index in [1.165, 1.54) is 41.2 Å². The van der Waals surface area contributed by atoms with Crippen molar-refractivity contribution in [1.29, 1.82) is 0 Å². The molecule has 4 amide bonds. The molecule has 0 spiro atoms. The van der Waals surface area contributed by atoms with Gasteiger partial charge in [0.05, 0.1) is 46.6 Å². The number of esters is 1. The predicted octanol–water partition coefficient (Wildman–Crippen LogP) is 9.91. The van der Waals surface area contributed by atoms with Gasteiger partial charge in [-0.05, 0) is 156 Å². The van der Waals surface area contributed by atoms with E-state index >= 15 is 0 Å². The number of benzene rings is 8. The molecule has 8 aromatic carbocycles. The number of alkyl halides is 3. The van der Waals surface area contributed by atoms with Crippen molar-refractivity contribution in [2.45, 2.75) is 36.7 Å². The molecule has 0 aliphatic heterocycles. The lowest BCUT2D eigenvalue weighted by Gasteiger charge is -2.24. The maximum atomic E-state index is 12.5. The minimum Gasteiger partial charge on any atom is -0.461 e. The highest BCUT2D eigenvalue weighted by Gasteiger charge is 2.32. The predicted molar refractivity (Wildman–Crippen MR) is 519 cm³/mol. The zero-order valence-electron chi connectivity index (χ0n) is 77.7. The first-order valence-corrected chi connectivity index (χ1v) is 46.1. The van der Waals surface area contributed by atoms with Crippen LogP contribution in [0.2, 0.25) is 0 Å². The van der Waals surface area contributed by atoms with E-state index in [2.05, 4.69) is 132 Å². The molecule has 0 saturated heterocycles. The molecule has 133 heavy (non-hydrogen) atoms.